The highest BCUT2D eigenvalue weighted by Crippen LogP contribution is 2.28. The summed E-state index contributed by atoms with van der Waals surface area (Å²) in [6.07, 6.45) is 2.22. The molecule has 0 unspecified atom stereocenters. The van der Waals surface area contributed by atoms with Gasteiger partial charge in [-0.05, 0) is 23.8 Å². The molecule has 0 radical (unpaired) electrons. The van der Waals surface area contributed by atoms with Gasteiger partial charge in [0.15, 0.2) is 0 Å². The van der Waals surface area contributed by atoms with Crippen molar-refractivity contribution in [3.8, 4) is 5.75 Å². The fraction of sp³-hybridized carbons (Fsp3) is 0.182. The molecule has 0 bridgehead atoms. The Morgan fingerprint density at radius 3 is 3.00 bits per heavy atom. The Kier molecular flexibility index (Phi) is 2.48. The number of nitrogens with one attached hydrogen (secondary N) is 2. The molecule has 1 aromatic carbocycles. The number of H-pyrrole nitrogens is 1. The van der Waals surface area contributed by atoms with E-state index < -0.39 is 10.0 Å². The summed E-state index contributed by atoms with van der Waals surface area (Å²) in [5.74, 6) is 1.10. The molecule has 1 aliphatic rings. The number of nitrogens with zero attached hydrogens (tertiary/aromatic N) is 1. The van der Waals surface area contributed by atoms with Gasteiger partial charge in [-0.1, -0.05) is 0 Å². The first-order valence-corrected chi connectivity index (χ1v) is 6.91. The lowest BCUT2D eigenvalue weighted by Gasteiger charge is -2.07. The third kappa shape index (κ3) is 1.92. The van der Waals surface area contributed by atoms with Crippen LogP contribution in [0.2, 0.25) is 0 Å². The molecular formula is C11H11N3O3S. The van der Waals surface area contributed by atoms with E-state index >= 15 is 0 Å². The third-order valence-corrected chi connectivity index (χ3v) is 4.08. The first kappa shape index (κ1) is 11.1. The summed E-state index contributed by atoms with van der Waals surface area (Å²) in [5.41, 5.74) is 0.919. The second kappa shape index (κ2) is 4.02. The van der Waals surface area contributed by atoms with E-state index in [0.29, 0.717) is 12.4 Å². The molecule has 2 N–H and O–H groups in total. The van der Waals surface area contributed by atoms with E-state index in [4.69, 9.17) is 4.74 Å². The van der Waals surface area contributed by atoms with Gasteiger partial charge in [-0.25, -0.2) is 8.42 Å². The van der Waals surface area contributed by atoms with Gasteiger partial charge >= 0.3 is 0 Å². The van der Waals surface area contributed by atoms with Gasteiger partial charge in [0.05, 0.1) is 17.7 Å². The number of sulfonamides is 1. The largest absolute Gasteiger partial charge is 0.493 e. The molecule has 0 fully saturated rings. The van der Waals surface area contributed by atoms with Crippen LogP contribution in [-0.4, -0.2) is 25.2 Å². The van der Waals surface area contributed by atoms with Crippen molar-refractivity contribution in [2.75, 3.05) is 11.3 Å². The molecule has 1 aliphatic heterocycles. The van der Waals surface area contributed by atoms with E-state index in [2.05, 4.69) is 14.9 Å². The van der Waals surface area contributed by atoms with Gasteiger partial charge in [0.1, 0.15) is 11.6 Å². The Hall–Kier alpha value is -2.02. The van der Waals surface area contributed by atoms with Crippen molar-refractivity contribution in [2.45, 2.75) is 11.3 Å². The highest BCUT2D eigenvalue weighted by molar-refractivity contribution is 7.92. The zero-order valence-electron chi connectivity index (χ0n) is 9.38. The molecule has 0 atom stereocenters. The summed E-state index contributed by atoms with van der Waals surface area (Å²) in [7, 11) is -3.58. The number of hydrogen-bond donors (Lipinski definition) is 2. The molecule has 6 nitrogen and oxygen atoms in total. The van der Waals surface area contributed by atoms with Gasteiger partial charge in [0.25, 0.3) is 10.0 Å². The fourth-order valence-electron chi connectivity index (χ4n) is 1.85. The topological polar surface area (TPSA) is 84.1 Å². The lowest BCUT2D eigenvalue weighted by molar-refractivity contribution is 0.356. The molecule has 3 rings (SSSR count). The number of rotatable bonds is 3. The number of fused-ring (bicyclic) bond motifs is 1. The summed E-state index contributed by atoms with van der Waals surface area (Å²) < 4.78 is 32.0. The predicted octanol–water partition coefficient (Wildman–Crippen LogP) is 1.15. The van der Waals surface area contributed by atoms with Crippen LogP contribution in [0.3, 0.4) is 0 Å². The summed E-state index contributed by atoms with van der Waals surface area (Å²) in [5, 5.41) is 6.24. The molecule has 0 amide bonds. The Morgan fingerprint density at radius 2 is 2.22 bits per heavy atom. The number of hydrogen-bond acceptors (Lipinski definition) is 4. The van der Waals surface area contributed by atoms with Gasteiger partial charge < -0.3 is 4.74 Å². The lowest BCUT2D eigenvalue weighted by atomic mass is 10.2. The molecule has 2 heterocycles. The van der Waals surface area contributed by atoms with Crippen LogP contribution in [0.15, 0.2) is 35.4 Å². The summed E-state index contributed by atoms with van der Waals surface area (Å²) in [4.78, 5) is 0.223. The van der Waals surface area contributed by atoms with E-state index in [9.17, 15) is 8.42 Å². The summed E-state index contributed by atoms with van der Waals surface area (Å²) in [6, 6.07) is 6.40. The van der Waals surface area contributed by atoms with E-state index in [0.717, 1.165) is 17.7 Å². The van der Waals surface area contributed by atoms with Crippen LogP contribution in [0.25, 0.3) is 0 Å². The van der Waals surface area contributed by atoms with E-state index in [-0.39, 0.29) is 4.90 Å². The molecule has 0 saturated carbocycles. The standard InChI is InChI=1S/C11H11N3O3S/c15-18(16,14-11-3-5-12-13-11)9-1-2-10-8(7-9)4-6-17-10/h1-3,5,7H,4,6H2,(H2,12,13,14). The number of aromatic amines is 1. The van der Waals surface area contributed by atoms with Crippen molar-refractivity contribution in [2.24, 2.45) is 0 Å². The monoisotopic (exact) mass is 265 g/mol. The van der Waals surface area contributed by atoms with Crippen molar-refractivity contribution in [1.82, 2.24) is 10.2 Å². The highest BCUT2D eigenvalue weighted by atomic mass is 32.2. The molecule has 0 aliphatic carbocycles. The summed E-state index contributed by atoms with van der Waals surface area (Å²) >= 11 is 0. The molecule has 18 heavy (non-hydrogen) atoms. The Labute approximate surface area is 104 Å². The predicted molar refractivity (Wildman–Crippen MR) is 65.0 cm³/mol. The molecule has 1 aromatic heterocycles. The number of aromatic nitrogens is 2. The van der Waals surface area contributed by atoms with Crippen molar-refractivity contribution in [3.63, 3.8) is 0 Å². The molecule has 7 heteroatoms. The SMILES string of the molecule is O=S(=O)(Nc1ccn[nH]1)c1ccc2c(c1)CCO2. The maximum absolute atomic E-state index is 12.1. The van der Waals surface area contributed by atoms with Crippen LogP contribution in [0.4, 0.5) is 5.82 Å². The minimum Gasteiger partial charge on any atom is -0.493 e. The Balaban J connectivity index is 1.94. The highest BCUT2D eigenvalue weighted by Gasteiger charge is 2.19. The second-order valence-corrected chi connectivity index (χ2v) is 5.63. The molecule has 94 valence electrons. The van der Waals surface area contributed by atoms with Crippen molar-refractivity contribution < 1.29 is 13.2 Å². The van der Waals surface area contributed by atoms with Crippen LogP contribution in [0.1, 0.15) is 5.56 Å². The smallest absolute Gasteiger partial charge is 0.263 e. The first-order chi connectivity index (χ1) is 8.65. The third-order valence-electron chi connectivity index (χ3n) is 2.72. The van der Waals surface area contributed by atoms with E-state index in [1.54, 1.807) is 18.2 Å². The van der Waals surface area contributed by atoms with Gasteiger partial charge in [-0.2, -0.15) is 5.10 Å². The zero-order valence-corrected chi connectivity index (χ0v) is 10.2. The molecule has 2 aromatic rings. The second-order valence-electron chi connectivity index (χ2n) is 3.94. The van der Waals surface area contributed by atoms with Crippen molar-refractivity contribution >= 4 is 15.8 Å². The summed E-state index contributed by atoms with van der Waals surface area (Å²) in [6.45, 7) is 0.604. The maximum Gasteiger partial charge on any atom is 0.263 e. The van der Waals surface area contributed by atoms with Gasteiger partial charge in [-0.15, -0.1) is 0 Å². The van der Waals surface area contributed by atoms with Gasteiger partial charge in [0, 0.05) is 12.5 Å². The quantitative estimate of drug-likeness (QED) is 0.871. The van der Waals surface area contributed by atoms with Crippen LogP contribution in [-0.2, 0) is 16.4 Å². The first-order valence-electron chi connectivity index (χ1n) is 5.43. The number of anilines is 1. The number of benzene rings is 1. The van der Waals surface area contributed by atoms with E-state index in [1.165, 1.54) is 12.3 Å². The lowest BCUT2D eigenvalue weighted by Crippen LogP contribution is -2.13. The minimum atomic E-state index is -3.58. The van der Waals surface area contributed by atoms with Crippen LogP contribution < -0.4 is 9.46 Å². The average Bonchev–Trinajstić information content (AvgIpc) is 2.97. The maximum atomic E-state index is 12.1. The Bertz CT molecular complexity index is 665. The number of ether oxygens (including phenoxy) is 1. The Morgan fingerprint density at radius 1 is 1.33 bits per heavy atom. The van der Waals surface area contributed by atoms with Crippen LogP contribution in [0, 0.1) is 0 Å². The normalized spacial score (nSPS) is 14.0. The molecule has 0 spiro atoms. The average molecular weight is 265 g/mol. The van der Waals surface area contributed by atoms with Crippen molar-refractivity contribution in [1.29, 1.82) is 0 Å². The van der Waals surface area contributed by atoms with Crippen LogP contribution in [0.5, 0.6) is 5.75 Å². The zero-order chi connectivity index (χ0) is 12.6. The minimum absolute atomic E-state index is 0.223. The molecular weight excluding hydrogens is 254 g/mol. The van der Waals surface area contributed by atoms with Gasteiger partial charge in [-0.3, -0.25) is 9.82 Å². The fourth-order valence-corrected chi connectivity index (χ4v) is 2.91. The van der Waals surface area contributed by atoms with Gasteiger partial charge in [0.2, 0.25) is 0 Å². The molecule has 0 saturated heterocycles. The van der Waals surface area contributed by atoms with E-state index in [1.807, 2.05) is 0 Å². The van der Waals surface area contributed by atoms with Crippen LogP contribution >= 0.6 is 0 Å². The van der Waals surface area contributed by atoms with Crippen molar-refractivity contribution in [3.05, 3.63) is 36.0 Å².